The minimum absolute atomic E-state index is 0.169. The van der Waals surface area contributed by atoms with Gasteiger partial charge in [0.25, 0.3) is 0 Å². The number of hydrogen-bond acceptors (Lipinski definition) is 3. The summed E-state index contributed by atoms with van der Waals surface area (Å²) in [7, 11) is 0. The minimum atomic E-state index is -4.65. The number of isothiocyanates is 1. The van der Waals surface area contributed by atoms with Crippen molar-refractivity contribution in [2.75, 3.05) is 0 Å². The van der Waals surface area contributed by atoms with Gasteiger partial charge >= 0.3 is 6.18 Å². The molecule has 19 heavy (non-hydrogen) atoms. The Balaban J connectivity index is 2.67. The highest BCUT2D eigenvalue weighted by atomic mass is 32.1. The molecule has 0 saturated carbocycles. The normalized spacial score (nSPS) is 13.3. The maximum absolute atomic E-state index is 13.1. The van der Waals surface area contributed by atoms with E-state index in [2.05, 4.69) is 17.2 Å². The molecule has 2 rings (SSSR count). The van der Waals surface area contributed by atoms with E-state index in [0.717, 1.165) is 12.1 Å². The lowest BCUT2D eigenvalue weighted by Gasteiger charge is -2.13. The van der Waals surface area contributed by atoms with Crippen molar-refractivity contribution in [2.24, 2.45) is 4.99 Å². The number of benzene rings is 1. The molecular formula is C12H7F4NOS. The topological polar surface area (TPSA) is 25.5 Å². The third-order valence-electron chi connectivity index (χ3n) is 2.68. The Hall–Kier alpha value is -1.72. The maximum atomic E-state index is 13.1. The molecule has 1 atom stereocenters. The van der Waals surface area contributed by atoms with Crippen LogP contribution in [0.4, 0.5) is 17.6 Å². The smallest absolute Gasteiger partial charge is 0.418 e. The van der Waals surface area contributed by atoms with Gasteiger partial charge in [-0.25, -0.2) is 9.38 Å². The Bertz CT molecular complexity index is 670. The average Bonchev–Trinajstić information content (AvgIpc) is 2.62. The van der Waals surface area contributed by atoms with Crippen LogP contribution in [0.5, 0.6) is 0 Å². The van der Waals surface area contributed by atoms with E-state index < -0.39 is 23.8 Å². The summed E-state index contributed by atoms with van der Waals surface area (Å²) in [6.45, 7) is 1.41. The van der Waals surface area contributed by atoms with Crippen LogP contribution in [-0.4, -0.2) is 11.3 Å². The van der Waals surface area contributed by atoms with E-state index >= 15 is 0 Å². The van der Waals surface area contributed by atoms with E-state index in [0.29, 0.717) is 0 Å². The summed E-state index contributed by atoms with van der Waals surface area (Å²) >= 11 is 4.22. The Morgan fingerprint density at radius 1 is 1.37 bits per heavy atom. The molecule has 1 heterocycles. The van der Waals surface area contributed by atoms with E-state index in [1.54, 1.807) is 5.16 Å². The van der Waals surface area contributed by atoms with Crippen molar-refractivity contribution in [2.45, 2.75) is 19.1 Å². The first-order valence-electron chi connectivity index (χ1n) is 5.17. The fourth-order valence-electron chi connectivity index (χ4n) is 1.81. The Labute approximate surface area is 110 Å². The Morgan fingerprint density at radius 3 is 2.63 bits per heavy atom. The molecule has 0 aliphatic carbocycles. The average molecular weight is 289 g/mol. The largest absolute Gasteiger partial charge is 0.458 e. The molecule has 7 heteroatoms. The predicted molar refractivity (Wildman–Crippen MR) is 64.7 cm³/mol. The molecule has 0 saturated heterocycles. The van der Waals surface area contributed by atoms with Gasteiger partial charge in [0.05, 0.1) is 5.16 Å². The first-order valence-corrected chi connectivity index (χ1v) is 5.57. The Morgan fingerprint density at radius 2 is 2.05 bits per heavy atom. The zero-order chi connectivity index (χ0) is 14.2. The highest BCUT2D eigenvalue weighted by Gasteiger charge is 2.44. The van der Waals surface area contributed by atoms with E-state index in [1.807, 2.05) is 0 Å². The van der Waals surface area contributed by atoms with Crippen LogP contribution in [0.25, 0.3) is 11.0 Å². The number of hydrogen-bond donors (Lipinski definition) is 0. The fraction of sp³-hybridized carbons (Fsp3) is 0.250. The molecule has 1 aromatic carbocycles. The zero-order valence-electron chi connectivity index (χ0n) is 9.58. The second-order valence-corrected chi connectivity index (χ2v) is 4.08. The van der Waals surface area contributed by atoms with Gasteiger partial charge in [-0.3, -0.25) is 0 Å². The van der Waals surface area contributed by atoms with Crippen molar-refractivity contribution in [3.05, 3.63) is 35.3 Å². The van der Waals surface area contributed by atoms with Gasteiger partial charge in [0.15, 0.2) is 0 Å². The first-order chi connectivity index (χ1) is 8.84. The molecule has 0 bridgehead atoms. The van der Waals surface area contributed by atoms with E-state index in [9.17, 15) is 17.6 Å². The van der Waals surface area contributed by atoms with Gasteiger partial charge in [0, 0.05) is 10.9 Å². The van der Waals surface area contributed by atoms with Gasteiger partial charge in [0.1, 0.15) is 17.2 Å². The van der Waals surface area contributed by atoms with E-state index in [4.69, 9.17) is 4.42 Å². The number of furan rings is 1. The SMILES string of the molecule is Cc1c(C(N=C=S)C(F)(F)F)oc2ccc(F)cc12. The van der Waals surface area contributed by atoms with Crippen molar-refractivity contribution < 1.29 is 22.0 Å². The molecule has 2 aromatic rings. The number of thiocarbonyl (C=S) groups is 1. The summed E-state index contributed by atoms with van der Waals surface area (Å²) in [6.07, 6.45) is -4.65. The predicted octanol–water partition coefficient (Wildman–Crippen LogP) is 4.59. The van der Waals surface area contributed by atoms with E-state index in [-0.39, 0.29) is 16.5 Å². The molecule has 0 N–H and O–H groups in total. The monoisotopic (exact) mass is 289 g/mol. The number of fused-ring (bicyclic) bond motifs is 1. The minimum Gasteiger partial charge on any atom is -0.458 e. The lowest BCUT2D eigenvalue weighted by molar-refractivity contribution is -0.151. The van der Waals surface area contributed by atoms with Gasteiger partial charge < -0.3 is 4.42 Å². The lowest BCUT2D eigenvalue weighted by Crippen LogP contribution is -2.19. The van der Waals surface area contributed by atoms with Gasteiger partial charge in [-0.2, -0.15) is 13.2 Å². The molecule has 2 nitrogen and oxygen atoms in total. The van der Waals surface area contributed by atoms with Crippen LogP contribution in [0.15, 0.2) is 27.6 Å². The van der Waals surface area contributed by atoms with Crippen LogP contribution in [-0.2, 0) is 0 Å². The summed E-state index contributed by atoms with van der Waals surface area (Å²) < 4.78 is 56.8. The molecule has 0 spiro atoms. The van der Waals surface area contributed by atoms with Crippen molar-refractivity contribution in [3.63, 3.8) is 0 Å². The number of nitrogens with zero attached hydrogens (tertiary/aromatic N) is 1. The molecule has 1 aromatic heterocycles. The zero-order valence-corrected chi connectivity index (χ0v) is 10.4. The van der Waals surface area contributed by atoms with Crippen molar-refractivity contribution >= 4 is 28.3 Å². The number of aryl methyl sites for hydroxylation is 1. The molecule has 100 valence electrons. The highest BCUT2D eigenvalue weighted by molar-refractivity contribution is 7.78. The first kappa shape index (κ1) is 13.7. The lowest BCUT2D eigenvalue weighted by atomic mass is 10.1. The van der Waals surface area contributed by atoms with Crippen molar-refractivity contribution in [3.8, 4) is 0 Å². The highest BCUT2D eigenvalue weighted by Crippen LogP contribution is 2.40. The molecule has 0 amide bonds. The molecule has 0 aliphatic rings. The summed E-state index contributed by atoms with van der Waals surface area (Å²) in [5.74, 6) is -0.949. The summed E-state index contributed by atoms with van der Waals surface area (Å²) in [6, 6.07) is 1.28. The Kier molecular flexibility index (Phi) is 3.43. The number of rotatable bonds is 2. The molecule has 0 aliphatic heterocycles. The van der Waals surface area contributed by atoms with Gasteiger partial charge in [-0.05, 0) is 37.3 Å². The van der Waals surface area contributed by atoms with Crippen molar-refractivity contribution in [1.29, 1.82) is 0 Å². The van der Waals surface area contributed by atoms with Gasteiger partial charge in [-0.15, -0.1) is 0 Å². The second-order valence-electron chi connectivity index (χ2n) is 3.90. The number of aliphatic imine (C=N–C) groups is 1. The van der Waals surface area contributed by atoms with Crippen LogP contribution >= 0.6 is 12.2 Å². The maximum Gasteiger partial charge on any atom is 0.418 e. The third-order valence-corrected chi connectivity index (χ3v) is 2.78. The number of halogens is 4. The molecular weight excluding hydrogens is 282 g/mol. The van der Waals surface area contributed by atoms with Gasteiger partial charge in [-0.1, -0.05) is 0 Å². The van der Waals surface area contributed by atoms with Crippen molar-refractivity contribution in [1.82, 2.24) is 0 Å². The van der Waals surface area contributed by atoms with Crippen LogP contribution in [0.1, 0.15) is 17.4 Å². The standard InChI is InChI=1S/C12H7F4NOS/c1-6-8-4-7(13)2-3-9(8)18-10(6)11(17-5-19)12(14,15)16/h2-4,11H,1H3. The summed E-state index contributed by atoms with van der Waals surface area (Å²) in [4.78, 5) is 3.10. The second kappa shape index (κ2) is 4.75. The summed E-state index contributed by atoms with van der Waals surface area (Å²) in [5.41, 5.74) is 0.355. The van der Waals surface area contributed by atoms with Crippen LogP contribution in [0.2, 0.25) is 0 Å². The number of alkyl halides is 3. The van der Waals surface area contributed by atoms with E-state index in [1.165, 1.54) is 13.0 Å². The third kappa shape index (κ3) is 2.52. The van der Waals surface area contributed by atoms with Gasteiger partial charge in [0.2, 0.25) is 6.04 Å². The summed E-state index contributed by atoms with van der Waals surface area (Å²) in [5, 5.41) is 1.99. The van der Waals surface area contributed by atoms with Crippen LogP contribution in [0, 0.1) is 12.7 Å². The molecule has 0 radical (unpaired) electrons. The fourth-order valence-corrected chi connectivity index (χ4v) is 1.91. The quantitative estimate of drug-likeness (QED) is 0.459. The molecule has 0 fully saturated rings. The molecule has 1 unspecified atom stereocenters. The van der Waals surface area contributed by atoms with Crippen LogP contribution < -0.4 is 0 Å². The van der Waals surface area contributed by atoms with Crippen LogP contribution in [0.3, 0.4) is 0 Å².